The van der Waals surface area contributed by atoms with E-state index >= 15 is 0 Å². The van der Waals surface area contributed by atoms with E-state index in [2.05, 4.69) is 10.1 Å². The normalized spacial score (nSPS) is 18.4. The Kier molecular flexibility index (Phi) is 6.66. The first-order valence-corrected chi connectivity index (χ1v) is 11.4. The van der Waals surface area contributed by atoms with Crippen LogP contribution >= 0.6 is 34.8 Å². The third-order valence-corrected chi connectivity index (χ3v) is 6.04. The SMILES string of the molecule is CC(C)(C)C1=NN(C(=O)COc2ccc(Cl)cc2Cl)C(c2ccc(Cl)cc2)C1n1cncn1. The number of aromatic nitrogens is 3. The number of carbonyl (C=O) groups is 1. The van der Waals surface area contributed by atoms with E-state index in [0.29, 0.717) is 20.8 Å². The van der Waals surface area contributed by atoms with Gasteiger partial charge in [0.05, 0.1) is 10.7 Å². The lowest BCUT2D eigenvalue weighted by atomic mass is 9.82. The van der Waals surface area contributed by atoms with Gasteiger partial charge in [0, 0.05) is 15.5 Å². The zero-order valence-electron chi connectivity index (χ0n) is 18.2. The minimum Gasteiger partial charge on any atom is -0.482 e. The van der Waals surface area contributed by atoms with Gasteiger partial charge in [-0.1, -0.05) is 67.7 Å². The average molecular weight is 507 g/mol. The molecule has 1 aromatic heterocycles. The summed E-state index contributed by atoms with van der Waals surface area (Å²) in [5, 5.41) is 12.0. The molecule has 0 saturated carbocycles. The second kappa shape index (κ2) is 9.33. The molecule has 2 atom stereocenters. The smallest absolute Gasteiger partial charge is 0.281 e. The van der Waals surface area contributed by atoms with Crippen LogP contribution in [0.25, 0.3) is 0 Å². The Morgan fingerprint density at radius 3 is 2.33 bits per heavy atom. The fourth-order valence-electron chi connectivity index (χ4n) is 3.74. The fraction of sp³-hybridized carbons (Fsp3) is 0.304. The van der Waals surface area contributed by atoms with Crippen LogP contribution in [0.5, 0.6) is 5.75 Å². The van der Waals surface area contributed by atoms with Crippen molar-refractivity contribution in [3.8, 4) is 5.75 Å². The Hall–Kier alpha value is -2.61. The van der Waals surface area contributed by atoms with Crippen molar-refractivity contribution in [1.29, 1.82) is 0 Å². The summed E-state index contributed by atoms with van der Waals surface area (Å²) in [5.41, 5.74) is 1.32. The molecule has 0 spiro atoms. The number of carbonyl (C=O) groups excluding carboxylic acids is 1. The highest BCUT2D eigenvalue weighted by molar-refractivity contribution is 6.35. The highest BCUT2D eigenvalue weighted by atomic mass is 35.5. The lowest BCUT2D eigenvalue weighted by Gasteiger charge is -2.29. The van der Waals surface area contributed by atoms with Crippen molar-refractivity contribution in [2.45, 2.75) is 32.9 Å². The number of hydrogen-bond donors (Lipinski definition) is 0. The first-order valence-electron chi connectivity index (χ1n) is 10.2. The van der Waals surface area contributed by atoms with Gasteiger partial charge >= 0.3 is 0 Å². The highest BCUT2D eigenvalue weighted by Crippen LogP contribution is 2.43. The molecule has 10 heteroatoms. The Balaban J connectivity index is 1.70. The number of benzene rings is 2. The summed E-state index contributed by atoms with van der Waals surface area (Å²) in [6.07, 6.45) is 3.10. The van der Waals surface area contributed by atoms with E-state index in [1.165, 1.54) is 11.3 Å². The van der Waals surface area contributed by atoms with E-state index in [1.807, 2.05) is 32.9 Å². The molecule has 2 heterocycles. The summed E-state index contributed by atoms with van der Waals surface area (Å²) in [7, 11) is 0. The lowest BCUT2D eigenvalue weighted by Crippen LogP contribution is -2.36. The molecule has 0 aliphatic carbocycles. The van der Waals surface area contributed by atoms with Crippen molar-refractivity contribution in [3.05, 3.63) is 75.8 Å². The topological polar surface area (TPSA) is 72.6 Å². The van der Waals surface area contributed by atoms with Crippen molar-refractivity contribution in [2.75, 3.05) is 6.61 Å². The average Bonchev–Trinajstić information content (AvgIpc) is 3.41. The van der Waals surface area contributed by atoms with E-state index in [-0.39, 0.29) is 24.0 Å². The van der Waals surface area contributed by atoms with Crippen LogP contribution in [0.1, 0.15) is 38.4 Å². The molecular formula is C23H22Cl3N5O2. The molecular weight excluding hydrogens is 485 g/mol. The highest BCUT2D eigenvalue weighted by Gasteiger charge is 2.46. The van der Waals surface area contributed by atoms with Crippen LogP contribution in [-0.2, 0) is 4.79 Å². The van der Waals surface area contributed by atoms with Gasteiger partial charge in [-0.2, -0.15) is 10.2 Å². The number of rotatable bonds is 5. The van der Waals surface area contributed by atoms with Crippen LogP contribution in [0.2, 0.25) is 15.1 Å². The second-order valence-corrected chi connectivity index (χ2v) is 9.93. The van der Waals surface area contributed by atoms with E-state index in [0.717, 1.165) is 11.3 Å². The fourth-order valence-corrected chi connectivity index (χ4v) is 4.33. The number of amides is 1. The summed E-state index contributed by atoms with van der Waals surface area (Å²) < 4.78 is 7.44. The molecule has 0 N–H and O–H groups in total. The molecule has 2 unspecified atom stereocenters. The molecule has 3 aromatic rings. The van der Waals surface area contributed by atoms with Crippen molar-refractivity contribution in [2.24, 2.45) is 10.5 Å². The maximum atomic E-state index is 13.4. The number of hydrazone groups is 1. The van der Waals surface area contributed by atoms with Gasteiger partial charge in [0.2, 0.25) is 0 Å². The van der Waals surface area contributed by atoms with Crippen LogP contribution in [0.3, 0.4) is 0 Å². The van der Waals surface area contributed by atoms with Crippen LogP contribution < -0.4 is 4.74 Å². The van der Waals surface area contributed by atoms with Crippen LogP contribution in [0, 0.1) is 5.41 Å². The number of hydrogen-bond acceptors (Lipinski definition) is 5. The zero-order valence-corrected chi connectivity index (χ0v) is 20.5. The number of halogens is 3. The predicted octanol–water partition coefficient (Wildman–Crippen LogP) is 5.84. The molecule has 0 bridgehead atoms. The monoisotopic (exact) mass is 505 g/mol. The van der Waals surface area contributed by atoms with Gasteiger partial charge in [-0.15, -0.1) is 0 Å². The molecule has 1 aliphatic rings. The quantitative estimate of drug-likeness (QED) is 0.435. The largest absolute Gasteiger partial charge is 0.482 e. The maximum Gasteiger partial charge on any atom is 0.281 e. The third kappa shape index (κ3) is 5.00. The second-order valence-electron chi connectivity index (χ2n) is 8.65. The van der Waals surface area contributed by atoms with Crippen molar-refractivity contribution in [1.82, 2.24) is 19.8 Å². The Morgan fingerprint density at radius 1 is 1.03 bits per heavy atom. The van der Waals surface area contributed by atoms with Crippen molar-refractivity contribution >= 4 is 46.4 Å². The standard InChI is InChI=1S/C23H22Cl3N5O2/c1-23(2,3)22-21(30-13-27-12-28-30)20(14-4-6-15(24)7-5-14)31(29-22)19(32)11-33-18-9-8-16(25)10-17(18)26/h4-10,12-13,20-21H,11H2,1-3H3. The van der Waals surface area contributed by atoms with Gasteiger partial charge in [-0.05, 0) is 35.9 Å². The van der Waals surface area contributed by atoms with E-state index in [4.69, 9.17) is 44.6 Å². The Morgan fingerprint density at radius 2 is 1.73 bits per heavy atom. The van der Waals surface area contributed by atoms with Crippen LogP contribution in [0.4, 0.5) is 0 Å². The Bertz CT molecular complexity index is 1170. The molecule has 0 radical (unpaired) electrons. The molecule has 1 amide bonds. The molecule has 2 aromatic carbocycles. The van der Waals surface area contributed by atoms with Gasteiger partial charge in [-0.3, -0.25) is 4.79 Å². The van der Waals surface area contributed by atoms with Gasteiger partial charge in [0.15, 0.2) is 6.61 Å². The minimum absolute atomic E-state index is 0.254. The first kappa shape index (κ1) is 23.5. The van der Waals surface area contributed by atoms with Crippen LogP contribution in [0.15, 0.2) is 60.2 Å². The molecule has 172 valence electrons. The summed E-state index contributed by atoms with van der Waals surface area (Å²) in [6.45, 7) is 5.89. The molecule has 4 rings (SSSR count). The van der Waals surface area contributed by atoms with Gasteiger partial charge in [-0.25, -0.2) is 14.7 Å². The van der Waals surface area contributed by atoms with E-state index in [9.17, 15) is 4.79 Å². The summed E-state index contributed by atoms with van der Waals surface area (Å²) >= 11 is 18.3. The zero-order chi connectivity index (χ0) is 23.8. The molecule has 33 heavy (non-hydrogen) atoms. The number of ether oxygens (including phenoxy) is 1. The third-order valence-electron chi connectivity index (χ3n) is 5.26. The lowest BCUT2D eigenvalue weighted by molar-refractivity contribution is -0.135. The minimum atomic E-state index is -0.463. The first-order chi connectivity index (χ1) is 15.6. The molecule has 1 aliphatic heterocycles. The van der Waals surface area contributed by atoms with Gasteiger partial charge in [0.1, 0.15) is 30.5 Å². The summed E-state index contributed by atoms with van der Waals surface area (Å²) in [5.74, 6) is 0.0369. The molecule has 0 saturated heterocycles. The molecule has 7 nitrogen and oxygen atoms in total. The van der Waals surface area contributed by atoms with Gasteiger partial charge in [0.25, 0.3) is 5.91 Å². The summed E-state index contributed by atoms with van der Waals surface area (Å²) in [4.78, 5) is 17.5. The van der Waals surface area contributed by atoms with Crippen molar-refractivity contribution < 1.29 is 9.53 Å². The Labute approximate surface area is 206 Å². The predicted molar refractivity (Wildman–Crippen MR) is 129 cm³/mol. The summed E-state index contributed by atoms with van der Waals surface area (Å²) in [6, 6.07) is 11.4. The number of nitrogens with zero attached hydrogens (tertiary/aromatic N) is 5. The van der Waals surface area contributed by atoms with E-state index in [1.54, 1.807) is 41.3 Å². The van der Waals surface area contributed by atoms with E-state index < -0.39 is 6.04 Å². The van der Waals surface area contributed by atoms with Gasteiger partial charge < -0.3 is 4.74 Å². The maximum absolute atomic E-state index is 13.4. The van der Waals surface area contributed by atoms with Crippen LogP contribution in [-0.4, -0.2) is 38.0 Å². The van der Waals surface area contributed by atoms with Crippen molar-refractivity contribution in [3.63, 3.8) is 0 Å². The molecule has 0 fully saturated rings.